The Morgan fingerprint density at radius 3 is 2.04 bits per heavy atom. The van der Waals surface area contributed by atoms with E-state index >= 15 is 0 Å². The minimum atomic E-state index is -0.527. The Hall–Kier alpha value is -5.10. The number of aromatic nitrogens is 1. The minimum Gasteiger partial charge on any atom is -0.366 e. The number of hydrogen-bond donors (Lipinski definition) is 2. The number of allylic oxidation sites excluding steroid dienone is 7. The maximum absolute atomic E-state index is 12.1. The lowest BCUT2D eigenvalue weighted by atomic mass is 9.63. The van der Waals surface area contributed by atoms with Crippen LogP contribution in [-0.2, 0) is 16.8 Å². The number of nitrogens with one attached hydrogen (secondary N) is 1. The number of amides is 1. The number of carbonyl (C=O) groups is 1. The van der Waals surface area contributed by atoms with E-state index in [1.807, 2.05) is 36.7 Å². The van der Waals surface area contributed by atoms with Crippen LogP contribution in [0.2, 0.25) is 0 Å². The lowest BCUT2D eigenvalue weighted by Crippen LogP contribution is -2.40. The molecule has 4 aliphatic rings. The third-order valence-corrected chi connectivity index (χ3v) is 10.1. The number of carbonyl (C=O) groups excluding carboxylic acids is 1. The zero-order valence-corrected chi connectivity index (χ0v) is 28.2. The topological polar surface area (TPSA) is 101 Å². The first kappa shape index (κ1) is 32.8. The zero-order chi connectivity index (χ0) is 33.9. The van der Waals surface area contributed by atoms with Gasteiger partial charge in [-0.2, -0.15) is 0 Å². The molecule has 6 heteroatoms. The van der Waals surface area contributed by atoms with Crippen LogP contribution < -0.4 is 11.3 Å². The largest absolute Gasteiger partial charge is 0.366 e. The van der Waals surface area contributed by atoms with Crippen molar-refractivity contribution in [2.24, 2.45) is 27.6 Å². The fourth-order valence-corrected chi connectivity index (χ4v) is 8.24. The predicted octanol–water partition coefficient (Wildman–Crippen LogP) is 7.93. The van der Waals surface area contributed by atoms with Gasteiger partial charge >= 0.3 is 0 Å². The van der Waals surface area contributed by atoms with Gasteiger partial charge in [-0.15, -0.1) is 0 Å². The third-order valence-electron chi connectivity index (χ3n) is 10.1. The van der Waals surface area contributed by atoms with Crippen LogP contribution in [0.3, 0.4) is 0 Å². The van der Waals surface area contributed by atoms with Gasteiger partial charge in [-0.3, -0.25) is 19.6 Å². The molecule has 4 unspecified atom stereocenters. The second-order valence-electron chi connectivity index (χ2n) is 13.3. The van der Waals surface area contributed by atoms with Gasteiger partial charge in [-0.05, 0) is 86.6 Å². The van der Waals surface area contributed by atoms with E-state index in [1.165, 1.54) is 28.4 Å². The molecule has 4 atom stereocenters. The molecule has 1 heterocycles. The number of nitrogens with two attached hydrogens (primary N) is 1. The maximum Gasteiger partial charge on any atom is 0.248 e. The summed E-state index contributed by atoms with van der Waals surface area (Å²) in [6.45, 7) is 8.49. The minimum absolute atomic E-state index is 0.0663. The molecule has 2 aromatic rings. The van der Waals surface area contributed by atoms with Crippen molar-refractivity contribution in [1.29, 1.82) is 0 Å². The second kappa shape index (κ2) is 13.6. The molecule has 1 aromatic heterocycles. The monoisotopic (exact) mass is 636 g/mol. The molecule has 4 aliphatic carbocycles. The van der Waals surface area contributed by atoms with Gasteiger partial charge in [0.05, 0.1) is 0 Å². The number of hydrogen-bond acceptors (Lipinski definition) is 4. The van der Waals surface area contributed by atoms with Gasteiger partial charge in [0.15, 0.2) is 0 Å². The van der Waals surface area contributed by atoms with E-state index in [1.54, 1.807) is 6.07 Å². The van der Waals surface area contributed by atoms with E-state index < -0.39 is 17.0 Å². The highest BCUT2D eigenvalue weighted by atomic mass is 16.1. The smallest absolute Gasteiger partial charge is 0.248 e. The van der Waals surface area contributed by atoms with Gasteiger partial charge in [0.25, 0.3) is 0 Å². The average molecular weight is 637 g/mol. The number of fused-ring (bicyclic) bond motifs is 6. The summed E-state index contributed by atoms with van der Waals surface area (Å²) in [6, 6.07) is 11.9. The standard InChI is InChI=1S/C42H44N4O2/c1-5-35-32-15-16-34(17-19-39(43)47)41(35,26-28(3)23-32)44-21-7-9-30-11-13-31(14-12-30)10-8-22-45-42-27-29(4)24-33(36(42)6-2)25-38-37(42)18-20-40(48)46-38/h5-14,16-24,32-33H,15,25-27H2,1-4H3,(H2,43,47)(H,46,48)/b9-7+,10-8+,19-17-,35-5+,36-6+,44-21-,45-22+. The van der Waals surface area contributed by atoms with Crippen molar-refractivity contribution in [3.8, 4) is 0 Å². The van der Waals surface area contributed by atoms with Gasteiger partial charge < -0.3 is 10.7 Å². The first-order valence-electron chi connectivity index (χ1n) is 16.8. The fraction of sp³-hybridized carbons (Fsp3) is 0.286. The van der Waals surface area contributed by atoms with E-state index in [0.29, 0.717) is 5.92 Å². The number of nitrogens with zero attached hydrogens (tertiary/aromatic N) is 2. The lowest BCUT2D eigenvalue weighted by molar-refractivity contribution is -0.113. The van der Waals surface area contributed by atoms with Crippen LogP contribution in [0.4, 0.5) is 0 Å². The zero-order valence-electron chi connectivity index (χ0n) is 28.2. The van der Waals surface area contributed by atoms with Crippen LogP contribution in [0.15, 0.2) is 134 Å². The summed E-state index contributed by atoms with van der Waals surface area (Å²) in [5.41, 5.74) is 14.8. The molecular weight excluding hydrogens is 592 g/mol. The number of H-pyrrole nitrogens is 1. The highest BCUT2D eigenvalue weighted by molar-refractivity contribution is 5.87. The van der Waals surface area contributed by atoms with E-state index in [2.05, 4.69) is 99.5 Å². The Morgan fingerprint density at radius 1 is 0.833 bits per heavy atom. The normalized spacial score (nSPS) is 28.5. The molecule has 0 fully saturated rings. The molecule has 1 aromatic carbocycles. The van der Waals surface area contributed by atoms with Crippen molar-refractivity contribution in [3.63, 3.8) is 0 Å². The molecule has 48 heavy (non-hydrogen) atoms. The van der Waals surface area contributed by atoms with Crippen molar-refractivity contribution in [2.75, 3.05) is 0 Å². The summed E-state index contributed by atoms with van der Waals surface area (Å²) in [7, 11) is 0. The quantitative estimate of drug-likeness (QED) is 0.175. The second-order valence-corrected chi connectivity index (χ2v) is 13.3. The van der Waals surface area contributed by atoms with Crippen molar-refractivity contribution < 1.29 is 4.79 Å². The van der Waals surface area contributed by atoms with E-state index in [4.69, 9.17) is 15.7 Å². The molecule has 6 nitrogen and oxygen atoms in total. The summed E-state index contributed by atoms with van der Waals surface area (Å²) in [5.74, 6) is 0.0978. The Labute approximate surface area is 283 Å². The van der Waals surface area contributed by atoms with Crippen LogP contribution in [0.25, 0.3) is 12.2 Å². The molecule has 0 spiro atoms. The number of aliphatic imine (C=N–C) groups is 2. The molecular formula is C42H44N4O2. The van der Waals surface area contributed by atoms with Crippen molar-refractivity contribution >= 4 is 30.5 Å². The molecule has 4 bridgehead atoms. The fourth-order valence-electron chi connectivity index (χ4n) is 8.24. The Kier molecular flexibility index (Phi) is 9.27. The SMILES string of the molecule is C/C=C1\C2C=C(C)CC1(/N=C\C=C\c1ccc(/C=C/C=N/C34CC(C)=CC(Cc5[nH]c(=O)ccc53)/C4=C\C)cc1)C(/C=C\C(N)=O)=CC2. The van der Waals surface area contributed by atoms with Gasteiger partial charge in [0, 0.05) is 60.5 Å². The number of rotatable bonds is 8. The third kappa shape index (κ3) is 6.27. The number of aromatic amines is 1. The van der Waals surface area contributed by atoms with Crippen LogP contribution in [0.5, 0.6) is 0 Å². The van der Waals surface area contributed by atoms with Gasteiger partial charge in [0.2, 0.25) is 11.5 Å². The molecule has 1 amide bonds. The highest BCUT2D eigenvalue weighted by Crippen LogP contribution is 2.52. The summed E-state index contributed by atoms with van der Waals surface area (Å²) >= 11 is 0. The van der Waals surface area contributed by atoms with Crippen molar-refractivity contribution in [3.05, 3.63) is 152 Å². The lowest BCUT2D eigenvalue weighted by Gasteiger charge is -2.45. The van der Waals surface area contributed by atoms with Crippen LogP contribution in [-0.4, -0.2) is 28.9 Å². The summed E-state index contributed by atoms with van der Waals surface area (Å²) in [6.07, 6.45) is 29.6. The molecule has 0 radical (unpaired) electrons. The molecule has 3 N–H and O–H groups in total. The van der Waals surface area contributed by atoms with Crippen LogP contribution in [0.1, 0.15) is 69.3 Å². The predicted molar refractivity (Wildman–Crippen MR) is 199 cm³/mol. The molecule has 0 saturated carbocycles. The number of benzene rings is 1. The first-order chi connectivity index (χ1) is 23.2. The Bertz CT molecular complexity index is 1970. The van der Waals surface area contributed by atoms with Crippen molar-refractivity contribution in [1.82, 2.24) is 4.98 Å². The molecule has 0 saturated heterocycles. The number of primary amides is 1. The van der Waals surface area contributed by atoms with Gasteiger partial charge in [-0.25, -0.2) is 0 Å². The van der Waals surface area contributed by atoms with E-state index in [-0.39, 0.29) is 11.5 Å². The number of pyridine rings is 1. The van der Waals surface area contributed by atoms with Crippen molar-refractivity contribution in [2.45, 2.75) is 64.5 Å². The van der Waals surface area contributed by atoms with Gasteiger partial charge in [0.1, 0.15) is 11.1 Å². The van der Waals surface area contributed by atoms with Crippen LogP contribution >= 0.6 is 0 Å². The van der Waals surface area contributed by atoms with Crippen LogP contribution in [0, 0.1) is 11.8 Å². The summed E-state index contributed by atoms with van der Waals surface area (Å²) in [4.78, 5) is 37.1. The molecule has 244 valence electrons. The van der Waals surface area contributed by atoms with Gasteiger partial charge in [-0.1, -0.05) is 84.0 Å². The van der Waals surface area contributed by atoms with E-state index in [0.717, 1.165) is 53.6 Å². The van der Waals surface area contributed by atoms with E-state index in [9.17, 15) is 9.59 Å². The Morgan fingerprint density at radius 2 is 1.42 bits per heavy atom. The first-order valence-corrected chi connectivity index (χ1v) is 16.8. The summed E-state index contributed by atoms with van der Waals surface area (Å²) < 4.78 is 0. The molecule has 6 rings (SSSR count). The Balaban J connectivity index is 1.18. The molecule has 0 aliphatic heterocycles. The maximum atomic E-state index is 12.1. The highest BCUT2D eigenvalue weighted by Gasteiger charge is 2.46. The average Bonchev–Trinajstić information content (AvgIpc) is 3.04. The summed E-state index contributed by atoms with van der Waals surface area (Å²) in [5, 5.41) is 0.